The van der Waals surface area contributed by atoms with E-state index in [0.29, 0.717) is 11.4 Å². The fourth-order valence-electron chi connectivity index (χ4n) is 2.26. The molecular formula is C18H23NOS. The van der Waals surface area contributed by atoms with Crippen molar-refractivity contribution in [2.75, 3.05) is 5.73 Å². The molecule has 0 saturated heterocycles. The molecule has 0 bridgehead atoms. The van der Waals surface area contributed by atoms with Gasteiger partial charge in [-0.25, -0.2) is 0 Å². The van der Waals surface area contributed by atoms with Gasteiger partial charge < -0.3 is 5.73 Å². The first-order valence-electron chi connectivity index (χ1n) is 7.11. The molecule has 0 saturated carbocycles. The molecule has 2 rings (SSSR count). The van der Waals surface area contributed by atoms with E-state index >= 15 is 0 Å². The number of anilines is 1. The Morgan fingerprint density at radius 1 is 1.05 bits per heavy atom. The molecule has 21 heavy (non-hydrogen) atoms. The lowest BCUT2D eigenvalue weighted by atomic mass is 9.87. The Labute approximate surface area is 129 Å². The average molecular weight is 301 g/mol. The summed E-state index contributed by atoms with van der Waals surface area (Å²) in [5.74, 6) is 0.537. The van der Waals surface area contributed by atoms with Gasteiger partial charge in [0.1, 0.15) is 0 Å². The van der Waals surface area contributed by atoms with Crippen molar-refractivity contribution in [3.8, 4) is 0 Å². The minimum absolute atomic E-state index is 0.144. The van der Waals surface area contributed by atoms with Crippen LogP contribution in [-0.4, -0.2) is 4.21 Å². The van der Waals surface area contributed by atoms with Gasteiger partial charge in [-0.3, -0.25) is 4.21 Å². The topological polar surface area (TPSA) is 43.1 Å². The summed E-state index contributed by atoms with van der Waals surface area (Å²) in [6.07, 6.45) is 0. The molecule has 0 aliphatic rings. The van der Waals surface area contributed by atoms with Crippen LogP contribution >= 0.6 is 0 Å². The number of hydrogen-bond donors (Lipinski definition) is 1. The van der Waals surface area contributed by atoms with Gasteiger partial charge in [0.15, 0.2) is 0 Å². The quantitative estimate of drug-likeness (QED) is 0.864. The van der Waals surface area contributed by atoms with E-state index in [1.807, 2.05) is 25.1 Å². The first kappa shape index (κ1) is 15.8. The van der Waals surface area contributed by atoms with Crippen LogP contribution in [0.15, 0.2) is 47.4 Å². The molecule has 112 valence electrons. The van der Waals surface area contributed by atoms with Gasteiger partial charge in [-0.05, 0) is 47.2 Å². The third-order valence-electron chi connectivity index (χ3n) is 3.56. The zero-order valence-corrected chi connectivity index (χ0v) is 14.0. The number of nitrogens with two attached hydrogens (primary N) is 1. The molecule has 2 nitrogen and oxygen atoms in total. The van der Waals surface area contributed by atoms with Crippen molar-refractivity contribution in [1.29, 1.82) is 0 Å². The van der Waals surface area contributed by atoms with Gasteiger partial charge in [-0.2, -0.15) is 0 Å². The van der Waals surface area contributed by atoms with Crippen LogP contribution in [0.25, 0.3) is 0 Å². The van der Waals surface area contributed by atoms with Crippen molar-refractivity contribution in [3.05, 3.63) is 59.2 Å². The van der Waals surface area contributed by atoms with Crippen molar-refractivity contribution in [2.45, 2.75) is 43.8 Å². The summed E-state index contributed by atoms with van der Waals surface area (Å²) in [5, 5.41) is 0. The summed E-state index contributed by atoms with van der Waals surface area (Å²) in [6.45, 7) is 8.53. The maximum atomic E-state index is 12.5. The summed E-state index contributed by atoms with van der Waals surface area (Å²) < 4.78 is 12.5. The summed E-state index contributed by atoms with van der Waals surface area (Å²) >= 11 is 0. The van der Waals surface area contributed by atoms with Crippen molar-refractivity contribution in [2.24, 2.45) is 0 Å². The van der Waals surface area contributed by atoms with Gasteiger partial charge in [0.05, 0.1) is 16.6 Å². The molecule has 0 aliphatic heterocycles. The number of nitrogen functional groups attached to an aromatic ring is 1. The molecular weight excluding hydrogens is 278 g/mol. The van der Waals surface area contributed by atoms with Gasteiger partial charge >= 0.3 is 0 Å². The van der Waals surface area contributed by atoms with Crippen LogP contribution in [0.1, 0.15) is 37.5 Å². The van der Waals surface area contributed by atoms with Crippen LogP contribution in [0.2, 0.25) is 0 Å². The maximum Gasteiger partial charge on any atom is 0.0576 e. The van der Waals surface area contributed by atoms with Gasteiger partial charge in [0, 0.05) is 10.6 Å². The molecule has 0 aliphatic carbocycles. The Morgan fingerprint density at radius 3 is 2.19 bits per heavy atom. The van der Waals surface area contributed by atoms with Crippen LogP contribution in [0.5, 0.6) is 0 Å². The number of rotatable bonds is 3. The highest BCUT2D eigenvalue weighted by Crippen LogP contribution is 2.24. The minimum Gasteiger partial charge on any atom is -0.399 e. The third-order valence-corrected chi connectivity index (χ3v) is 5.11. The molecule has 1 unspecified atom stereocenters. The van der Waals surface area contributed by atoms with Crippen LogP contribution < -0.4 is 5.73 Å². The Morgan fingerprint density at radius 2 is 1.67 bits per heavy atom. The first-order valence-corrected chi connectivity index (χ1v) is 8.43. The third kappa shape index (κ3) is 3.94. The Balaban J connectivity index is 2.16. The molecule has 0 radical (unpaired) electrons. The Bertz CT molecular complexity index is 654. The standard InChI is InChI=1S/C18H23NOS/c1-13-11-16(19)9-10-17(13)21(20)12-14-5-7-15(8-6-14)18(2,3)4/h5-11H,12,19H2,1-4H3. The second-order valence-corrected chi connectivity index (χ2v) is 7.88. The largest absolute Gasteiger partial charge is 0.399 e. The lowest BCUT2D eigenvalue weighted by Crippen LogP contribution is -2.10. The fraction of sp³-hybridized carbons (Fsp3) is 0.333. The molecule has 2 aromatic rings. The van der Waals surface area contributed by atoms with Gasteiger partial charge in [0.25, 0.3) is 0 Å². The SMILES string of the molecule is Cc1cc(N)ccc1S(=O)Cc1ccc(C(C)(C)C)cc1. The van der Waals surface area contributed by atoms with Crippen LogP contribution in [-0.2, 0) is 22.0 Å². The normalized spacial score (nSPS) is 13.1. The first-order chi connectivity index (χ1) is 9.77. The summed E-state index contributed by atoms with van der Waals surface area (Å²) in [7, 11) is -1.04. The van der Waals surface area contributed by atoms with E-state index in [2.05, 4.69) is 45.0 Å². The second-order valence-electron chi connectivity index (χ2n) is 6.46. The monoisotopic (exact) mass is 301 g/mol. The van der Waals surface area contributed by atoms with E-state index in [0.717, 1.165) is 16.0 Å². The van der Waals surface area contributed by atoms with E-state index in [4.69, 9.17) is 5.73 Å². The maximum absolute atomic E-state index is 12.5. The van der Waals surface area contributed by atoms with Crippen molar-refractivity contribution >= 4 is 16.5 Å². The summed E-state index contributed by atoms with van der Waals surface area (Å²) in [4.78, 5) is 0.865. The molecule has 0 fully saturated rings. The predicted octanol–water partition coefficient (Wildman–Crippen LogP) is 4.18. The molecule has 2 N–H and O–H groups in total. The van der Waals surface area contributed by atoms with E-state index in [9.17, 15) is 4.21 Å². The number of benzene rings is 2. The second kappa shape index (κ2) is 6.02. The zero-order valence-electron chi connectivity index (χ0n) is 13.1. The van der Waals surface area contributed by atoms with E-state index in [1.54, 1.807) is 0 Å². The Hall–Kier alpha value is -1.61. The lowest BCUT2D eigenvalue weighted by Gasteiger charge is -2.19. The molecule has 1 atom stereocenters. The summed E-state index contributed by atoms with van der Waals surface area (Å²) in [5.41, 5.74) is 9.97. The zero-order chi connectivity index (χ0) is 15.6. The van der Waals surface area contributed by atoms with Gasteiger partial charge in [-0.1, -0.05) is 45.0 Å². The van der Waals surface area contributed by atoms with E-state index < -0.39 is 10.8 Å². The number of aryl methyl sites for hydroxylation is 1. The van der Waals surface area contributed by atoms with Crippen LogP contribution in [0.4, 0.5) is 5.69 Å². The highest BCUT2D eigenvalue weighted by molar-refractivity contribution is 7.84. The molecule has 3 heteroatoms. The van der Waals surface area contributed by atoms with Crippen molar-refractivity contribution in [3.63, 3.8) is 0 Å². The van der Waals surface area contributed by atoms with Crippen LogP contribution in [0.3, 0.4) is 0 Å². The lowest BCUT2D eigenvalue weighted by molar-refractivity contribution is 0.590. The smallest absolute Gasteiger partial charge is 0.0576 e. The van der Waals surface area contributed by atoms with E-state index in [1.165, 1.54) is 5.56 Å². The molecule has 0 spiro atoms. The highest BCUT2D eigenvalue weighted by Gasteiger charge is 2.14. The van der Waals surface area contributed by atoms with Crippen molar-refractivity contribution in [1.82, 2.24) is 0 Å². The highest BCUT2D eigenvalue weighted by atomic mass is 32.2. The van der Waals surface area contributed by atoms with Crippen LogP contribution in [0, 0.1) is 6.92 Å². The van der Waals surface area contributed by atoms with E-state index in [-0.39, 0.29) is 5.41 Å². The van der Waals surface area contributed by atoms with Gasteiger partial charge in [-0.15, -0.1) is 0 Å². The Kier molecular flexibility index (Phi) is 4.52. The minimum atomic E-state index is -1.04. The molecule has 0 heterocycles. The number of hydrogen-bond acceptors (Lipinski definition) is 2. The van der Waals surface area contributed by atoms with Crippen molar-refractivity contribution < 1.29 is 4.21 Å². The fourth-order valence-corrected chi connectivity index (χ4v) is 3.55. The predicted molar refractivity (Wildman–Crippen MR) is 90.8 cm³/mol. The molecule has 0 aromatic heterocycles. The summed E-state index contributed by atoms with van der Waals surface area (Å²) in [6, 6.07) is 13.9. The average Bonchev–Trinajstić information content (AvgIpc) is 2.38. The molecule has 0 amide bonds. The van der Waals surface area contributed by atoms with Gasteiger partial charge in [0.2, 0.25) is 0 Å². The molecule has 2 aromatic carbocycles.